The molecule has 3 aliphatic rings. The molecular weight excluding hydrogens is 467 g/mol. The standard InChI is InChI=1S/C31H43F5/c1-3-21-6-12-24(13-7-21)25-14-8-22(9-15-25)4-5-23-10-16-26(17-11-23)27-18-28(32)30(29(33)19-27)20(2)31(34,35)36/h18-19,21-26H,2-17H2,1H3. The van der Waals surface area contributed by atoms with Gasteiger partial charge in [-0.05, 0) is 105 Å². The van der Waals surface area contributed by atoms with Crippen LogP contribution in [0.4, 0.5) is 22.0 Å². The third-order valence-corrected chi connectivity index (χ3v) is 10.0. The summed E-state index contributed by atoms with van der Waals surface area (Å²) in [5.41, 5.74) is -2.04. The van der Waals surface area contributed by atoms with Crippen molar-refractivity contribution in [1.82, 2.24) is 0 Å². The van der Waals surface area contributed by atoms with Crippen LogP contribution in [0.1, 0.15) is 120 Å². The highest BCUT2D eigenvalue weighted by Crippen LogP contribution is 2.45. The van der Waals surface area contributed by atoms with Crippen molar-refractivity contribution in [2.24, 2.45) is 29.6 Å². The summed E-state index contributed by atoms with van der Waals surface area (Å²) in [4.78, 5) is 0. The van der Waals surface area contributed by atoms with Crippen LogP contribution in [-0.2, 0) is 0 Å². The van der Waals surface area contributed by atoms with Gasteiger partial charge in [-0.3, -0.25) is 0 Å². The molecule has 202 valence electrons. The molecule has 0 atom stereocenters. The Bertz CT molecular complexity index is 840. The van der Waals surface area contributed by atoms with E-state index in [1.54, 1.807) is 0 Å². The highest BCUT2D eigenvalue weighted by Gasteiger charge is 2.37. The first kappa shape index (κ1) is 27.6. The predicted molar refractivity (Wildman–Crippen MR) is 137 cm³/mol. The van der Waals surface area contributed by atoms with E-state index in [-0.39, 0.29) is 5.92 Å². The van der Waals surface area contributed by atoms with Crippen molar-refractivity contribution in [2.45, 2.75) is 115 Å². The Morgan fingerprint density at radius 2 is 1.14 bits per heavy atom. The number of alkyl halides is 3. The fourth-order valence-corrected chi connectivity index (χ4v) is 7.53. The van der Waals surface area contributed by atoms with Crippen molar-refractivity contribution in [3.8, 4) is 0 Å². The average Bonchev–Trinajstić information content (AvgIpc) is 2.87. The quantitative estimate of drug-likeness (QED) is 0.320. The van der Waals surface area contributed by atoms with E-state index < -0.39 is 28.9 Å². The van der Waals surface area contributed by atoms with E-state index in [9.17, 15) is 22.0 Å². The molecule has 3 fully saturated rings. The molecule has 3 aliphatic carbocycles. The molecule has 0 unspecified atom stereocenters. The van der Waals surface area contributed by atoms with E-state index in [1.807, 2.05) is 0 Å². The summed E-state index contributed by atoms with van der Waals surface area (Å²) in [5.74, 6) is 2.09. The lowest BCUT2D eigenvalue weighted by atomic mass is 9.68. The number of allylic oxidation sites excluding steroid dienone is 1. The lowest BCUT2D eigenvalue weighted by Crippen LogP contribution is -2.26. The average molecular weight is 511 g/mol. The van der Waals surface area contributed by atoms with E-state index in [0.29, 0.717) is 11.5 Å². The maximum atomic E-state index is 14.4. The monoisotopic (exact) mass is 510 g/mol. The number of rotatable bonds is 7. The van der Waals surface area contributed by atoms with Crippen LogP contribution < -0.4 is 0 Å². The summed E-state index contributed by atoms with van der Waals surface area (Å²) in [6.45, 7) is 5.19. The molecule has 0 bridgehead atoms. The van der Waals surface area contributed by atoms with Crippen LogP contribution in [0, 0.1) is 41.2 Å². The van der Waals surface area contributed by atoms with Crippen LogP contribution in [0.25, 0.3) is 5.57 Å². The molecule has 0 radical (unpaired) electrons. The SMILES string of the molecule is C=C(c1c(F)cc(C2CCC(CCC3CCC(C4CCC(CC)CC4)CC3)CC2)cc1F)C(F)(F)F. The molecule has 0 aliphatic heterocycles. The van der Waals surface area contributed by atoms with Crippen molar-refractivity contribution >= 4 is 5.57 Å². The van der Waals surface area contributed by atoms with E-state index in [1.165, 1.54) is 70.6 Å². The summed E-state index contributed by atoms with van der Waals surface area (Å²) >= 11 is 0. The zero-order valence-electron chi connectivity index (χ0n) is 21.8. The van der Waals surface area contributed by atoms with Crippen LogP contribution in [0.2, 0.25) is 0 Å². The van der Waals surface area contributed by atoms with Crippen molar-refractivity contribution in [3.63, 3.8) is 0 Å². The van der Waals surface area contributed by atoms with Gasteiger partial charge in [-0.1, -0.05) is 58.4 Å². The third-order valence-electron chi connectivity index (χ3n) is 10.0. The third kappa shape index (κ3) is 6.72. The van der Waals surface area contributed by atoms with Crippen LogP contribution >= 0.6 is 0 Å². The first-order chi connectivity index (χ1) is 17.2. The van der Waals surface area contributed by atoms with Crippen molar-refractivity contribution in [1.29, 1.82) is 0 Å². The van der Waals surface area contributed by atoms with E-state index in [4.69, 9.17) is 0 Å². The number of hydrogen-bond donors (Lipinski definition) is 0. The van der Waals surface area contributed by atoms with Gasteiger partial charge < -0.3 is 0 Å². The van der Waals surface area contributed by atoms with E-state index >= 15 is 0 Å². The minimum atomic E-state index is -4.85. The van der Waals surface area contributed by atoms with Gasteiger partial charge in [0.2, 0.25) is 0 Å². The molecule has 0 nitrogen and oxygen atoms in total. The summed E-state index contributed by atoms with van der Waals surface area (Å²) in [5, 5.41) is 0. The lowest BCUT2D eigenvalue weighted by molar-refractivity contribution is -0.0690. The Kier molecular flexibility index (Phi) is 9.20. The van der Waals surface area contributed by atoms with Gasteiger partial charge in [0.1, 0.15) is 11.6 Å². The Morgan fingerprint density at radius 1 is 0.722 bits per heavy atom. The number of benzene rings is 1. The summed E-state index contributed by atoms with van der Waals surface area (Å²) in [6, 6.07) is 2.18. The molecular formula is C31H43F5. The zero-order valence-corrected chi connectivity index (χ0v) is 21.8. The Labute approximate surface area is 214 Å². The van der Waals surface area contributed by atoms with Crippen molar-refractivity contribution in [2.75, 3.05) is 0 Å². The van der Waals surface area contributed by atoms with Crippen LogP contribution in [0.15, 0.2) is 18.7 Å². The van der Waals surface area contributed by atoms with Crippen LogP contribution in [0.3, 0.4) is 0 Å². The zero-order chi connectivity index (χ0) is 25.9. The Balaban J connectivity index is 1.20. The largest absolute Gasteiger partial charge is 0.416 e. The maximum Gasteiger partial charge on any atom is 0.416 e. The topological polar surface area (TPSA) is 0 Å². The van der Waals surface area contributed by atoms with Gasteiger partial charge in [0.15, 0.2) is 0 Å². The highest BCUT2D eigenvalue weighted by atomic mass is 19.4. The molecule has 0 heterocycles. The first-order valence-electron chi connectivity index (χ1n) is 14.4. The molecule has 1 aromatic carbocycles. The van der Waals surface area contributed by atoms with Gasteiger partial charge >= 0.3 is 6.18 Å². The Morgan fingerprint density at radius 3 is 1.56 bits per heavy atom. The van der Waals surface area contributed by atoms with E-state index in [0.717, 1.165) is 61.5 Å². The summed E-state index contributed by atoms with van der Waals surface area (Å²) < 4.78 is 67.5. The molecule has 0 aromatic heterocycles. The van der Waals surface area contributed by atoms with Gasteiger partial charge in [-0.15, -0.1) is 0 Å². The Hall–Kier alpha value is -1.39. The number of halogens is 5. The van der Waals surface area contributed by atoms with Gasteiger partial charge in [0, 0.05) is 0 Å². The molecule has 0 saturated heterocycles. The molecule has 3 saturated carbocycles. The second kappa shape index (κ2) is 12.0. The minimum Gasteiger partial charge on any atom is -0.206 e. The minimum absolute atomic E-state index is 0.0108. The number of hydrogen-bond acceptors (Lipinski definition) is 0. The first-order valence-corrected chi connectivity index (χ1v) is 14.4. The summed E-state index contributed by atoms with van der Waals surface area (Å²) in [7, 11) is 0. The molecule has 0 spiro atoms. The van der Waals surface area contributed by atoms with Gasteiger partial charge in [0.05, 0.1) is 11.1 Å². The molecule has 5 heteroatoms. The predicted octanol–water partition coefficient (Wildman–Crippen LogP) is 10.6. The maximum absolute atomic E-state index is 14.4. The van der Waals surface area contributed by atoms with Gasteiger partial charge in [-0.2, -0.15) is 13.2 Å². The van der Waals surface area contributed by atoms with Gasteiger partial charge in [0.25, 0.3) is 0 Å². The fourth-order valence-electron chi connectivity index (χ4n) is 7.53. The van der Waals surface area contributed by atoms with Crippen LogP contribution in [-0.4, -0.2) is 6.18 Å². The fraction of sp³-hybridized carbons (Fsp3) is 0.742. The smallest absolute Gasteiger partial charge is 0.206 e. The summed E-state index contributed by atoms with van der Waals surface area (Å²) in [6.07, 6.45) is 14.1. The van der Waals surface area contributed by atoms with Crippen molar-refractivity contribution in [3.05, 3.63) is 41.5 Å². The highest BCUT2D eigenvalue weighted by molar-refractivity contribution is 5.68. The van der Waals surface area contributed by atoms with Crippen molar-refractivity contribution < 1.29 is 22.0 Å². The van der Waals surface area contributed by atoms with Crippen LogP contribution in [0.5, 0.6) is 0 Å². The normalized spacial score (nSPS) is 31.8. The second-order valence-corrected chi connectivity index (χ2v) is 12.1. The molecule has 0 N–H and O–H groups in total. The second-order valence-electron chi connectivity index (χ2n) is 12.1. The molecule has 36 heavy (non-hydrogen) atoms. The molecule has 1 aromatic rings. The van der Waals surface area contributed by atoms with E-state index in [2.05, 4.69) is 13.5 Å². The lowest BCUT2D eigenvalue weighted by Gasteiger charge is -2.38. The van der Waals surface area contributed by atoms with Gasteiger partial charge in [-0.25, -0.2) is 8.78 Å². The molecule has 0 amide bonds. The molecule has 4 rings (SSSR count).